The number of aromatic nitrogens is 3. The predicted octanol–water partition coefficient (Wildman–Crippen LogP) is 1.90. The van der Waals surface area contributed by atoms with Crippen molar-refractivity contribution in [3.05, 3.63) is 29.8 Å². The Morgan fingerprint density at radius 1 is 1.35 bits per heavy atom. The van der Waals surface area contributed by atoms with Crippen molar-refractivity contribution in [2.75, 3.05) is 19.5 Å². The summed E-state index contributed by atoms with van der Waals surface area (Å²) in [7, 11) is 1.29. The number of hydrogen-bond acceptors (Lipinski definition) is 6. The Labute approximate surface area is 132 Å². The second-order valence-corrected chi connectivity index (χ2v) is 5.25. The molecule has 2 aromatic heterocycles. The zero-order chi connectivity index (χ0) is 16.6. The van der Waals surface area contributed by atoms with E-state index >= 15 is 0 Å². The van der Waals surface area contributed by atoms with Gasteiger partial charge in [0, 0.05) is 0 Å². The van der Waals surface area contributed by atoms with E-state index in [4.69, 9.17) is 10.5 Å². The number of fused-ring (bicyclic) bond motifs is 2. The zero-order valence-electron chi connectivity index (χ0n) is 13.0. The number of aliphatic hydroxyl groups is 1. The van der Waals surface area contributed by atoms with Gasteiger partial charge in [0.15, 0.2) is 5.65 Å². The number of nitrogens with zero attached hydrogens (tertiary/aromatic N) is 3. The second-order valence-electron chi connectivity index (χ2n) is 5.25. The Balaban J connectivity index is 2.43. The number of nitrogens with two attached hydrogens (primary N) is 1. The molecule has 120 valence electrons. The van der Waals surface area contributed by atoms with E-state index < -0.39 is 5.97 Å². The van der Waals surface area contributed by atoms with E-state index in [9.17, 15) is 9.90 Å². The lowest BCUT2D eigenvalue weighted by atomic mass is 10.2. The van der Waals surface area contributed by atoms with Crippen LogP contribution in [0.15, 0.2) is 24.3 Å². The van der Waals surface area contributed by atoms with Crippen molar-refractivity contribution in [2.24, 2.45) is 0 Å². The Bertz CT molecular complexity index is 884. The molecule has 23 heavy (non-hydrogen) atoms. The Morgan fingerprint density at radius 3 is 2.57 bits per heavy atom. The van der Waals surface area contributed by atoms with Gasteiger partial charge in [0.2, 0.25) is 0 Å². The molecule has 0 radical (unpaired) electrons. The molecule has 1 unspecified atom stereocenters. The zero-order valence-corrected chi connectivity index (χ0v) is 13.0. The fourth-order valence-electron chi connectivity index (χ4n) is 2.75. The highest BCUT2D eigenvalue weighted by molar-refractivity contribution is 6.08. The van der Waals surface area contributed by atoms with Crippen LogP contribution in [0.4, 0.5) is 5.82 Å². The SMILES string of the molecule is CCC(CO)n1c(N)c(C(=O)OC)c2nc3ccccc3nc21. The minimum atomic E-state index is -0.566. The number of rotatable bonds is 4. The topological polar surface area (TPSA) is 103 Å². The maximum absolute atomic E-state index is 12.2. The average Bonchev–Trinajstić information content (AvgIpc) is 2.85. The quantitative estimate of drug-likeness (QED) is 0.713. The van der Waals surface area contributed by atoms with E-state index in [1.165, 1.54) is 7.11 Å². The molecule has 0 fully saturated rings. The van der Waals surface area contributed by atoms with Gasteiger partial charge in [0.25, 0.3) is 0 Å². The highest BCUT2D eigenvalue weighted by atomic mass is 16.5. The van der Waals surface area contributed by atoms with Crippen LogP contribution < -0.4 is 5.73 Å². The van der Waals surface area contributed by atoms with Crippen LogP contribution in [0.25, 0.3) is 22.2 Å². The minimum absolute atomic E-state index is 0.112. The van der Waals surface area contributed by atoms with Crippen LogP contribution in [0.2, 0.25) is 0 Å². The number of para-hydroxylation sites is 2. The van der Waals surface area contributed by atoms with Crippen LogP contribution in [0.5, 0.6) is 0 Å². The molecule has 7 nitrogen and oxygen atoms in total. The van der Waals surface area contributed by atoms with Crippen molar-refractivity contribution < 1.29 is 14.6 Å². The molecule has 1 atom stereocenters. The lowest BCUT2D eigenvalue weighted by Gasteiger charge is -2.16. The van der Waals surface area contributed by atoms with Gasteiger partial charge in [0.1, 0.15) is 16.9 Å². The van der Waals surface area contributed by atoms with Gasteiger partial charge >= 0.3 is 5.97 Å². The Morgan fingerprint density at radius 2 is 2.00 bits per heavy atom. The van der Waals surface area contributed by atoms with Gasteiger partial charge in [-0.25, -0.2) is 14.8 Å². The monoisotopic (exact) mass is 314 g/mol. The number of nitrogen functional groups attached to an aromatic ring is 1. The summed E-state index contributed by atoms with van der Waals surface area (Å²) in [6, 6.07) is 7.09. The van der Waals surface area contributed by atoms with Crippen molar-refractivity contribution in [1.29, 1.82) is 0 Å². The number of esters is 1. The first-order valence-corrected chi connectivity index (χ1v) is 7.37. The molecule has 2 heterocycles. The summed E-state index contributed by atoms with van der Waals surface area (Å²) in [5, 5.41) is 9.64. The third-order valence-corrected chi connectivity index (χ3v) is 3.97. The van der Waals surface area contributed by atoms with E-state index in [1.807, 2.05) is 31.2 Å². The molecule has 0 aliphatic rings. The number of methoxy groups -OCH3 is 1. The number of carbonyl (C=O) groups is 1. The van der Waals surface area contributed by atoms with Crippen molar-refractivity contribution in [3.63, 3.8) is 0 Å². The number of ether oxygens (including phenoxy) is 1. The first-order valence-electron chi connectivity index (χ1n) is 7.37. The molecular formula is C16H18N4O3. The maximum Gasteiger partial charge on any atom is 0.343 e. The number of hydrogen-bond donors (Lipinski definition) is 2. The molecule has 1 aromatic carbocycles. The summed E-state index contributed by atoms with van der Waals surface area (Å²) in [4.78, 5) is 21.3. The predicted molar refractivity (Wildman–Crippen MR) is 87.2 cm³/mol. The number of aliphatic hydroxyl groups excluding tert-OH is 1. The first kappa shape index (κ1) is 15.2. The Hall–Kier alpha value is -2.67. The van der Waals surface area contributed by atoms with Crippen LogP contribution in [0, 0.1) is 0 Å². The van der Waals surface area contributed by atoms with Crippen LogP contribution >= 0.6 is 0 Å². The fraction of sp³-hybridized carbons (Fsp3) is 0.312. The van der Waals surface area contributed by atoms with Crippen LogP contribution in [0.1, 0.15) is 29.7 Å². The lowest BCUT2D eigenvalue weighted by Crippen LogP contribution is -2.16. The summed E-state index contributed by atoms with van der Waals surface area (Å²) >= 11 is 0. The van der Waals surface area contributed by atoms with Crippen LogP contribution in [-0.4, -0.2) is 39.3 Å². The molecule has 0 saturated carbocycles. The van der Waals surface area contributed by atoms with Crippen molar-refractivity contribution in [3.8, 4) is 0 Å². The van der Waals surface area contributed by atoms with E-state index in [-0.39, 0.29) is 24.0 Å². The molecule has 7 heteroatoms. The van der Waals surface area contributed by atoms with E-state index in [1.54, 1.807) is 4.57 Å². The molecule has 0 spiro atoms. The van der Waals surface area contributed by atoms with Crippen molar-refractivity contribution in [1.82, 2.24) is 14.5 Å². The third-order valence-electron chi connectivity index (χ3n) is 3.97. The van der Waals surface area contributed by atoms with Crippen molar-refractivity contribution >= 4 is 34.0 Å². The molecule has 0 amide bonds. The molecule has 3 aromatic rings. The second kappa shape index (κ2) is 5.85. The molecule has 0 bridgehead atoms. The molecule has 3 N–H and O–H groups in total. The normalized spacial score (nSPS) is 12.7. The van der Waals surface area contributed by atoms with Crippen molar-refractivity contribution in [2.45, 2.75) is 19.4 Å². The van der Waals surface area contributed by atoms with Gasteiger partial charge in [-0.15, -0.1) is 0 Å². The number of carbonyl (C=O) groups excluding carboxylic acids is 1. The summed E-state index contributed by atoms with van der Waals surface area (Å²) in [6.07, 6.45) is 0.638. The standard InChI is InChI=1S/C16H18N4O3/c1-3-9(8-21)20-14(17)12(16(22)23-2)13-15(20)19-11-7-5-4-6-10(11)18-13/h4-7,9,21H,3,8,17H2,1-2H3. The number of benzene rings is 1. The summed E-state index contributed by atoms with van der Waals surface area (Å²) in [6.45, 7) is 1.82. The van der Waals surface area contributed by atoms with Gasteiger partial charge in [0.05, 0.1) is 30.8 Å². The molecule has 0 aliphatic carbocycles. The summed E-state index contributed by atoms with van der Waals surface area (Å²) in [5.41, 5.74) is 8.59. The largest absolute Gasteiger partial charge is 0.465 e. The highest BCUT2D eigenvalue weighted by Gasteiger charge is 2.27. The average molecular weight is 314 g/mol. The number of anilines is 1. The fourth-order valence-corrected chi connectivity index (χ4v) is 2.75. The highest BCUT2D eigenvalue weighted by Crippen LogP contribution is 2.32. The Kier molecular flexibility index (Phi) is 3.87. The molecular weight excluding hydrogens is 296 g/mol. The molecule has 0 aliphatic heterocycles. The smallest absolute Gasteiger partial charge is 0.343 e. The maximum atomic E-state index is 12.2. The molecule has 3 rings (SSSR count). The van der Waals surface area contributed by atoms with Crippen LogP contribution in [0.3, 0.4) is 0 Å². The van der Waals surface area contributed by atoms with Crippen LogP contribution in [-0.2, 0) is 4.74 Å². The first-order chi connectivity index (χ1) is 11.1. The summed E-state index contributed by atoms with van der Waals surface area (Å²) in [5.74, 6) is -0.355. The third kappa shape index (κ3) is 2.29. The minimum Gasteiger partial charge on any atom is -0.465 e. The van der Waals surface area contributed by atoms with E-state index in [0.717, 1.165) is 0 Å². The molecule has 0 saturated heterocycles. The van der Waals surface area contributed by atoms with Gasteiger partial charge in [-0.3, -0.25) is 0 Å². The van der Waals surface area contributed by atoms with Gasteiger partial charge < -0.3 is 20.1 Å². The van der Waals surface area contributed by atoms with E-state index in [0.29, 0.717) is 28.6 Å². The van der Waals surface area contributed by atoms with Gasteiger partial charge in [-0.05, 0) is 18.6 Å². The van der Waals surface area contributed by atoms with Gasteiger partial charge in [-0.1, -0.05) is 19.1 Å². The van der Waals surface area contributed by atoms with Gasteiger partial charge in [-0.2, -0.15) is 0 Å². The van der Waals surface area contributed by atoms with E-state index in [2.05, 4.69) is 9.97 Å². The summed E-state index contributed by atoms with van der Waals surface area (Å²) < 4.78 is 6.50. The lowest BCUT2D eigenvalue weighted by molar-refractivity contribution is 0.0603.